The van der Waals surface area contributed by atoms with E-state index < -0.39 is 0 Å². The van der Waals surface area contributed by atoms with Crippen molar-refractivity contribution in [1.29, 1.82) is 0 Å². The van der Waals surface area contributed by atoms with Crippen molar-refractivity contribution in [3.05, 3.63) is 0 Å². The Balaban J connectivity index is 1.43. The first-order valence-corrected chi connectivity index (χ1v) is 9.40. The van der Waals surface area contributed by atoms with Crippen molar-refractivity contribution in [1.82, 2.24) is 14.7 Å². The zero-order chi connectivity index (χ0) is 16.1. The topological polar surface area (TPSA) is 9.72 Å². The summed E-state index contributed by atoms with van der Waals surface area (Å²) in [4.78, 5) is 8.14. The predicted molar refractivity (Wildman–Crippen MR) is 94.2 cm³/mol. The molecule has 1 spiro atoms. The second kappa shape index (κ2) is 5.75. The molecule has 22 heavy (non-hydrogen) atoms. The highest BCUT2D eigenvalue weighted by atomic mass is 15.3. The SMILES string of the molecule is CC(C)N1CC2(C1)CN(C1CCN(CC(C)(C)C)[C@H](C)C1)C2. The predicted octanol–water partition coefficient (Wildman–Crippen LogP) is 2.91. The smallest absolute Gasteiger partial charge is 0.0212 e. The van der Waals surface area contributed by atoms with Crippen LogP contribution in [0, 0.1) is 10.8 Å². The molecule has 0 N–H and O–H groups in total. The van der Waals surface area contributed by atoms with E-state index in [4.69, 9.17) is 0 Å². The summed E-state index contributed by atoms with van der Waals surface area (Å²) in [6.07, 6.45) is 2.75. The maximum Gasteiger partial charge on any atom is 0.0212 e. The molecule has 0 bridgehead atoms. The zero-order valence-electron chi connectivity index (χ0n) is 15.7. The van der Waals surface area contributed by atoms with Crippen molar-refractivity contribution < 1.29 is 0 Å². The zero-order valence-corrected chi connectivity index (χ0v) is 15.7. The molecule has 3 saturated heterocycles. The number of hydrogen-bond acceptors (Lipinski definition) is 3. The fraction of sp³-hybridized carbons (Fsp3) is 1.00. The van der Waals surface area contributed by atoms with Gasteiger partial charge in [-0.3, -0.25) is 9.80 Å². The molecule has 0 aromatic carbocycles. The van der Waals surface area contributed by atoms with E-state index in [0.29, 0.717) is 10.8 Å². The van der Waals surface area contributed by atoms with E-state index in [1.165, 1.54) is 52.1 Å². The van der Waals surface area contributed by atoms with Crippen LogP contribution < -0.4 is 0 Å². The molecule has 3 aliphatic heterocycles. The first-order chi connectivity index (χ1) is 10.2. The van der Waals surface area contributed by atoms with Gasteiger partial charge in [0, 0.05) is 56.3 Å². The molecule has 3 heterocycles. The number of nitrogens with zero attached hydrogens (tertiary/aromatic N) is 3. The highest BCUT2D eigenvalue weighted by molar-refractivity contribution is 5.08. The Morgan fingerprint density at radius 2 is 1.73 bits per heavy atom. The average Bonchev–Trinajstić information content (AvgIpc) is 2.26. The quantitative estimate of drug-likeness (QED) is 0.794. The Hall–Kier alpha value is -0.120. The second-order valence-electron chi connectivity index (χ2n) is 9.96. The number of piperidine rings is 1. The van der Waals surface area contributed by atoms with Gasteiger partial charge in [-0.25, -0.2) is 0 Å². The molecule has 3 aliphatic rings. The van der Waals surface area contributed by atoms with Crippen molar-refractivity contribution in [2.24, 2.45) is 10.8 Å². The van der Waals surface area contributed by atoms with E-state index >= 15 is 0 Å². The molecule has 0 aromatic heterocycles. The van der Waals surface area contributed by atoms with Crippen LogP contribution in [0.5, 0.6) is 0 Å². The molecule has 0 saturated carbocycles. The average molecular weight is 308 g/mol. The summed E-state index contributed by atoms with van der Waals surface area (Å²) in [5, 5.41) is 0. The van der Waals surface area contributed by atoms with Crippen LogP contribution in [0.25, 0.3) is 0 Å². The normalized spacial score (nSPS) is 34.0. The number of likely N-dealkylation sites (tertiary alicyclic amines) is 3. The summed E-state index contributed by atoms with van der Waals surface area (Å²) >= 11 is 0. The molecule has 3 heteroatoms. The van der Waals surface area contributed by atoms with E-state index in [1.54, 1.807) is 0 Å². The highest BCUT2D eigenvalue weighted by Gasteiger charge is 2.53. The van der Waals surface area contributed by atoms with Crippen molar-refractivity contribution in [2.45, 2.75) is 72.5 Å². The molecular formula is C19H37N3. The Morgan fingerprint density at radius 1 is 1.09 bits per heavy atom. The fourth-order valence-corrected chi connectivity index (χ4v) is 4.83. The van der Waals surface area contributed by atoms with Crippen molar-refractivity contribution in [3.63, 3.8) is 0 Å². The third kappa shape index (κ3) is 3.37. The van der Waals surface area contributed by atoms with Crippen LogP contribution in [-0.2, 0) is 0 Å². The molecule has 2 atom stereocenters. The van der Waals surface area contributed by atoms with Crippen LogP contribution >= 0.6 is 0 Å². The van der Waals surface area contributed by atoms with Crippen molar-refractivity contribution in [3.8, 4) is 0 Å². The fourth-order valence-electron chi connectivity index (χ4n) is 4.83. The third-order valence-corrected chi connectivity index (χ3v) is 6.06. The minimum Gasteiger partial charge on any atom is -0.300 e. The van der Waals surface area contributed by atoms with Gasteiger partial charge >= 0.3 is 0 Å². The van der Waals surface area contributed by atoms with Gasteiger partial charge in [0.2, 0.25) is 0 Å². The lowest BCUT2D eigenvalue weighted by Gasteiger charge is -2.64. The maximum atomic E-state index is 2.79. The molecule has 1 unspecified atom stereocenters. The van der Waals surface area contributed by atoms with Crippen LogP contribution in [-0.4, -0.2) is 72.1 Å². The van der Waals surface area contributed by atoms with Gasteiger partial charge in [0.15, 0.2) is 0 Å². The Kier molecular flexibility index (Phi) is 4.37. The van der Waals surface area contributed by atoms with Crippen LogP contribution in [0.2, 0.25) is 0 Å². The molecular weight excluding hydrogens is 270 g/mol. The van der Waals surface area contributed by atoms with Gasteiger partial charge in [-0.1, -0.05) is 20.8 Å². The van der Waals surface area contributed by atoms with Crippen LogP contribution in [0.3, 0.4) is 0 Å². The Labute approximate surface area is 138 Å². The van der Waals surface area contributed by atoms with E-state index in [1.807, 2.05) is 0 Å². The number of hydrogen-bond donors (Lipinski definition) is 0. The molecule has 3 nitrogen and oxygen atoms in total. The third-order valence-electron chi connectivity index (χ3n) is 6.06. The number of rotatable bonds is 3. The van der Waals surface area contributed by atoms with Crippen molar-refractivity contribution >= 4 is 0 Å². The first-order valence-electron chi connectivity index (χ1n) is 9.40. The largest absolute Gasteiger partial charge is 0.300 e. The molecule has 3 fully saturated rings. The summed E-state index contributed by atoms with van der Waals surface area (Å²) in [7, 11) is 0. The first kappa shape index (κ1) is 16.7. The summed E-state index contributed by atoms with van der Waals surface area (Å²) in [5.41, 5.74) is 1.10. The van der Waals surface area contributed by atoms with E-state index in [0.717, 1.165) is 18.1 Å². The summed E-state index contributed by atoms with van der Waals surface area (Å²) in [6, 6.07) is 2.34. The van der Waals surface area contributed by atoms with Crippen molar-refractivity contribution in [2.75, 3.05) is 39.3 Å². The van der Waals surface area contributed by atoms with E-state index in [2.05, 4.69) is 56.2 Å². The van der Waals surface area contributed by atoms with Gasteiger partial charge in [0.1, 0.15) is 0 Å². The lowest BCUT2D eigenvalue weighted by molar-refractivity contribution is -0.147. The second-order valence-corrected chi connectivity index (χ2v) is 9.96. The van der Waals surface area contributed by atoms with Gasteiger partial charge in [0.05, 0.1) is 0 Å². The summed E-state index contributed by atoms with van der Waals surface area (Å²) in [6.45, 7) is 22.2. The van der Waals surface area contributed by atoms with Gasteiger partial charge in [-0.05, 0) is 45.6 Å². The van der Waals surface area contributed by atoms with E-state index in [-0.39, 0.29) is 0 Å². The minimum absolute atomic E-state index is 0.425. The monoisotopic (exact) mass is 307 g/mol. The Morgan fingerprint density at radius 3 is 2.23 bits per heavy atom. The Bertz CT molecular complexity index is 384. The molecule has 128 valence electrons. The summed E-state index contributed by atoms with van der Waals surface area (Å²) < 4.78 is 0. The highest BCUT2D eigenvalue weighted by Crippen LogP contribution is 2.43. The molecule has 0 aromatic rings. The lowest BCUT2D eigenvalue weighted by atomic mass is 9.71. The van der Waals surface area contributed by atoms with Crippen LogP contribution in [0.1, 0.15) is 54.4 Å². The molecule has 0 amide bonds. The maximum absolute atomic E-state index is 2.79. The van der Waals surface area contributed by atoms with Gasteiger partial charge in [0.25, 0.3) is 0 Å². The van der Waals surface area contributed by atoms with Gasteiger partial charge in [-0.15, -0.1) is 0 Å². The van der Waals surface area contributed by atoms with E-state index in [9.17, 15) is 0 Å². The molecule has 0 radical (unpaired) electrons. The molecule has 0 aliphatic carbocycles. The van der Waals surface area contributed by atoms with Crippen LogP contribution in [0.15, 0.2) is 0 Å². The minimum atomic E-state index is 0.425. The lowest BCUT2D eigenvalue weighted by Crippen LogP contribution is -2.74. The van der Waals surface area contributed by atoms with Crippen LogP contribution in [0.4, 0.5) is 0 Å². The standard InChI is InChI=1S/C19H37N3/c1-15(2)21-11-19(12-21)13-22(14-19)17-7-8-20(16(3)9-17)10-18(4,5)6/h15-17H,7-14H2,1-6H3/t16-,17?/m1/s1. The van der Waals surface area contributed by atoms with Gasteiger partial charge in [-0.2, -0.15) is 0 Å². The molecule has 3 rings (SSSR count). The van der Waals surface area contributed by atoms with Gasteiger partial charge < -0.3 is 4.90 Å². The summed E-state index contributed by atoms with van der Waals surface area (Å²) in [5.74, 6) is 0.